The number of benzene rings is 2. The maximum absolute atomic E-state index is 12.6. The first-order chi connectivity index (χ1) is 15.9. The molecule has 0 aliphatic carbocycles. The molecule has 0 fully saturated rings. The fraction of sp³-hybridized carbons (Fsp3) is 0.273. The number of hydrogen-bond acceptors (Lipinski definition) is 8. The number of ether oxygens (including phenoxy) is 2. The van der Waals surface area contributed by atoms with Crippen molar-refractivity contribution in [2.45, 2.75) is 24.8 Å². The molecule has 2 aromatic carbocycles. The zero-order valence-electron chi connectivity index (χ0n) is 18.9. The average Bonchev–Trinajstić information content (AvgIpc) is 2.99. The summed E-state index contributed by atoms with van der Waals surface area (Å²) >= 11 is 0. The maximum atomic E-state index is 12.6. The highest BCUT2D eigenvalue weighted by Gasteiger charge is 2.32. The first-order valence-electron chi connectivity index (χ1n) is 10.1. The van der Waals surface area contributed by atoms with Crippen LogP contribution in [0, 0.1) is 0 Å². The Labute approximate surface area is 196 Å². The Hall–Kier alpha value is -3.77. The SMILES string of the molecule is COc1ccc(C(=O)OCC(=O)Nc2ccc3c(c2)C(=O)N(C)C3=O)cc1S(=O)(=O)NC(C)C. The van der Waals surface area contributed by atoms with Gasteiger partial charge in [0.25, 0.3) is 17.7 Å². The number of anilines is 1. The number of carbonyl (C=O) groups is 4. The Morgan fingerprint density at radius 2 is 1.71 bits per heavy atom. The van der Waals surface area contributed by atoms with E-state index in [2.05, 4.69) is 10.0 Å². The Kier molecular flexibility index (Phi) is 7.03. The quantitative estimate of drug-likeness (QED) is 0.418. The van der Waals surface area contributed by atoms with Gasteiger partial charge >= 0.3 is 5.97 Å². The number of carbonyl (C=O) groups excluding carboxylic acids is 4. The monoisotopic (exact) mass is 489 g/mol. The number of amides is 3. The second kappa shape index (κ2) is 9.61. The summed E-state index contributed by atoms with van der Waals surface area (Å²) in [5.41, 5.74) is 0.537. The largest absolute Gasteiger partial charge is 0.495 e. The molecule has 0 saturated heterocycles. The highest BCUT2D eigenvalue weighted by molar-refractivity contribution is 7.89. The topological polar surface area (TPSA) is 148 Å². The van der Waals surface area contributed by atoms with Crippen molar-refractivity contribution in [2.24, 2.45) is 0 Å². The molecular weight excluding hydrogens is 466 g/mol. The molecule has 0 radical (unpaired) electrons. The van der Waals surface area contributed by atoms with Crippen LogP contribution in [0.1, 0.15) is 44.9 Å². The van der Waals surface area contributed by atoms with Gasteiger partial charge in [0.15, 0.2) is 6.61 Å². The van der Waals surface area contributed by atoms with Crippen molar-refractivity contribution in [1.29, 1.82) is 0 Å². The molecule has 0 aromatic heterocycles. The fourth-order valence-electron chi connectivity index (χ4n) is 3.24. The van der Waals surface area contributed by atoms with E-state index in [-0.39, 0.29) is 39.1 Å². The van der Waals surface area contributed by atoms with Gasteiger partial charge in [-0.1, -0.05) is 0 Å². The second-order valence-corrected chi connectivity index (χ2v) is 9.38. The Balaban J connectivity index is 1.68. The molecule has 0 spiro atoms. The van der Waals surface area contributed by atoms with Crippen LogP contribution in [0.5, 0.6) is 5.75 Å². The van der Waals surface area contributed by atoms with E-state index in [0.29, 0.717) is 0 Å². The minimum absolute atomic E-state index is 0.0396. The molecule has 3 amide bonds. The molecule has 0 saturated carbocycles. The van der Waals surface area contributed by atoms with Crippen LogP contribution in [0.4, 0.5) is 5.69 Å². The van der Waals surface area contributed by atoms with E-state index in [1.807, 2.05) is 0 Å². The van der Waals surface area contributed by atoms with Gasteiger partial charge in [-0.15, -0.1) is 0 Å². The van der Waals surface area contributed by atoms with Crippen LogP contribution in [0.25, 0.3) is 0 Å². The Bertz CT molecular complexity index is 1290. The summed E-state index contributed by atoms with van der Waals surface area (Å²) in [5.74, 6) is -2.50. The van der Waals surface area contributed by atoms with Crippen LogP contribution < -0.4 is 14.8 Å². The molecule has 0 bridgehead atoms. The van der Waals surface area contributed by atoms with Crippen LogP contribution in [0.3, 0.4) is 0 Å². The molecule has 2 N–H and O–H groups in total. The van der Waals surface area contributed by atoms with Gasteiger partial charge in [-0.25, -0.2) is 17.9 Å². The number of sulfonamides is 1. The molecule has 1 heterocycles. The molecule has 0 atom stereocenters. The van der Waals surface area contributed by atoms with E-state index in [1.54, 1.807) is 13.8 Å². The van der Waals surface area contributed by atoms with Gasteiger partial charge in [0, 0.05) is 18.8 Å². The average molecular weight is 490 g/mol. The zero-order chi connectivity index (χ0) is 25.2. The van der Waals surface area contributed by atoms with E-state index >= 15 is 0 Å². The summed E-state index contributed by atoms with van der Waals surface area (Å²) in [6.07, 6.45) is 0. The number of hydrogen-bond donors (Lipinski definition) is 2. The minimum atomic E-state index is -3.96. The second-order valence-electron chi connectivity index (χ2n) is 7.70. The number of imide groups is 1. The smallest absolute Gasteiger partial charge is 0.338 e. The van der Waals surface area contributed by atoms with Crippen molar-refractivity contribution in [2.75, 3.05) is 26.1 Å². The van der Waals surface area contributed by atoms with E-state index in [1.165, 1.54) is 44.5 Å². The van der Waals surface area contributed by atoms with Crippen LogP contribution >= 0.6 is 0 Å². The van der Waals surface area contributed by atoms with Gasteiger partial charge in [-0.2, -0.15) is 0 Å². The summed E-state index contributed by atoms with van der Waals surface area (Å²) in [6, 6.07) is 7.57. The fourth-order valence-corrected chi connectivity index (χ4v) is 4.68. The molecular formula is C22H23N3O8S. The normalized spacial score (nSPS) is 13.1. The van der Waals surface area contributed by atoms with E-state index in [0.717, 1.165) is 11.0 Å². The minimum Gasteiger partial charge on any atom is -0.495 e. The van der Waals surface area contributed by atoms with E-state index in [4.69, 9.17) is 9.47 Å². The summed E-state index contributed by atoms with van der Waals surface area (Å²) in [7, 11) is -1.31. The van der Waals surface area contributed by atoms with Gasteiger partial charge in [-0.3, -0.25) is 19.3 Å². The third-order valence-corrected chi connectivity index (χ3v) is 6.47. The Morgan fingerprint density at radius 3 is 2.35 bits per heavy atom. The highest BCUT2D eigenvalue weighted by atomic mass is 32.2. The van der Waals surface area contributed by atoms with Crippen molar-refractivity contribution in [3.8, 4) is 5.75 Å². The lowest BCUT2D eigenvalue weighted by molar-refractivity contribution is -0.119. The number of methoxy groups -OCH3 is 1. The Morgan fingerprint density at radius 1 is 1.03 bits per heavy atom. The summed E-state index contributed by atoms with van der Waals surface area (Å²) in [4.78, 5) is 49.4. The van der Waals surface area contributed by atoms with Crippen LogP contribution in [0.2, 0.25) is 0 Å². The van der Waals surface area contributed by atoms with Crippen LogP contribution in [-0.4, -0.2) is 63.8 Å². The van der Waals surface area contributed by atoms with Crippen molar-refractivity contribution in [3.05, 3.63) is 53.1 Å². The molecule has 0 unspecified atom stereocenters. The highest BCUT2D eigenvalue weighted by Crippen LogP contribution is 2.26. The number of fused-ring (bicyclic) bond motifs is 1. The lowest BCUT2D eigenvalue weighted by Gasteiger charge is -2.14. The van der Waals surface area contributed by atoms with Gasteiger partial charge in [-0.05, 0) is 50.2 Å². The van der Waals surface area contributed by atoms with Crippen molar-refractivity contribution >= 4 is 39.4 Å². The lowest BCUT2D eigenvalue weighted by atomic mass is 10.1. The van der Waals surface area contributed by atoms with Gasteiger partial charge < -0.3 is 14.8 Å². The van der Waals surface area contributed by atoms with E-state index < -0.39 is 40.3 Å². The summed E-state index contributed by atoms with van der Waals surface area (Å²) in [5, 5.41) is 2.48. The predicted octanol–water partition coefficient (Wildman–Crippen LogP) is 1.40. The molecule has 34 heavy (non-hydrogen) atoms. The molecule has 2 aromatic rings. The van der Waals surface area contributed by atoms with Crippen LogP contribution in [0.15, 0.2) is 41.3 Å². The molecule has 3 rings (SSSR count). The molecule has 12 heteroatoms. The van der Waals surface area contributed by atoms with Gasteiger partial charge in [0.05, 0.1) is 23.8 Å². The number of rotatable bonds is 8. The van der Waals surface area contributed by atoms with Crippen molar-refractivity contribution in [1.82, 2.24) is 9.62 Å². The molecule has 1 aliphatic heterocycles. The summed E-state index contributed by atoms with van der Waals surface area (Å²) in [6.45, 7) is 2.63. The van der Waals surface area contributed by atoms with Gasteiger partial charge in [0.2, 0.25) is 10.0 Å². The summed E-state index contributed by atoms with van der Waals surface area (Å²) < 4.78 is 37.6. The number of nitrogens with zero attached hydrogens (tertiary/aromatic N) is 1. The first kappa shape index (κ1) is 24.9. The molecule has 1 aliphatic rings. The third kappa shape index (κ3) is 5.07. The van der Waals surface area contributed by atoms with Gasteiger partial charge in [0.1, 0.15) is 10.6 Å². The lowest BCUT2D eigenvalue weighted by Crippen LogP contribution is -2.30. The standard InChI is InChI=1S/C22H23N3O8S/c1-12(2)24-34(30,31)18-9-13(5-8-17(18)32-4)22(29)33-11-19(26)23-14-6-7-15-16(10-14)21(28)25(3)20(15)27/h5-10,12,24H,11H2,1-4H3,(H,23,26). The maximum Gasteiger partial charge on any atom is 0.338 e. The third-order valence-electron chi connectivity index (χ3n) is 4.79. The first-order valence-corrected chi connectivity index (χ1v) is 11.6. The molecule has 11 nitrogen and oxygen atoms in total. The zero-order valence-corrected chi connectivity index (χ0v) is 19.7. The predicted molar refractivity (Wildman–Crippen MR) is 120 cm³/mol. The molecule has 180 valence electrons. The van der Waals surface area contributed by atoms with E-state index in [9.17, 15) is 27.6 Å². The van der Waals surface area contributed by atoms with Crippen molar-refractivity contribution < 1.29 is 37.1 Å². The number of esters is 1. The number of nitrogens with one attached hydrogen (secondary N) is 2. The van der Waals surface area contributed by atoms with Crippen molar-refractivity contribution in [3.63, 3.8) is 0 Å². The van der Waals surface area contributed by atoms with Crippen LogP contribution in [-0.2, 0) is 19.6 Å².